The van der Waals surface area contributed by atoms with Crippen LogP contribution < -0.4 is 5.73 Å². The third kappa shape index (κ3) is 2.36. The molecule has 15 heavy (non-hydrogen) atoms. The van der Waals surface area contributed by atoms with Crippen LogP contribution in [-0.4, -0.2) is 16.8 Å². The fraction of sp³-hybridized carbons (Fsp3) is 0.333. The maximum Gasteiger partial charge on any atom is 0.0735 e. The fourth-order valence-corrected chi connectivity index (χ4v) is 2.57. The van der Waals surface area contributed by atoms with Gasteiger partial charge in [-0.15, -0.1) is 11.8 Å². The first-order valence-electron chi connectivity index (χ1n) is 5.28. The molecule has 3 heteroatoms. The first kappa shape index (κ1) is 10.6. The number of benzene rings is 1. The minimum absolute atomic E-state index is 0.512. The maximum atomic E-state index is 5.69. The van der Waals surface area contributed by atoms with Crippen LogP contribution in [0.4, 0.5) is 0 Å². The average Bonchev–Trinajstić information content (AvgIpc) is 2.68. The Hall–Kier alpha value is -0.930. The van der Waals surface area contributed by atoms with Crippen LogP contribution in [-0.2, 0) is 0 Å². The molecule has 1 unspecified atom stereocenters. The molecule has 2 nitrogen and oxygen atoms in total. The molecule has 0 bridgehead atoms. The summed E-state index contributed by atoms with van der Waals surface area (Å²) in [4.78, 5) is 3.40. The highest BCUT2D eigenvalue weighted by atomic mass is 32.2. The number of nitrogens with one attached hydrogen (secondary N) is 1. The van der Waals surface area contributed by atoms with Gasteiger partial charge in [0.25, 0.3) is 0 Å². The summed E-state index contributed by atoms with van der Waals surface area (Å²) in [6, 6.07) is 10.5. The Kier molecular flexibility index (Phi) is 3.34. The average molecular weight is 220 g/mol. The topological polar surface area (TPSA) is 41.8 Å². The van der Waals surface area contributed by atoms with Gasteiger partial charge >= 0.3 is 0 Å². The molecule has 1 aromatic carbocycles. The number of fused-ring (bicyclic) bond motifs is 1. The smallest absolute Gasteiger partial charge is 0.0735 e. The van der Waals surface area contributed by atoms with E-state index in [0.717, 1.165) is 13.0 Å². The summed E-state index contributed by atoms with van der Waals surface area (Å²) in [7, 11) is 0. The molecule has 0 spiro atoms. The molecule has 0 fully saturated rings. The molecule has 0 amide bonds. The van der Waals surface area contributed by atoms with Crippen molar-refractivity contribution in [2.24, 2.45) is 5.73 Å². The number of aromatic nitrogens is 1. The highest BCUT2D eigenvalue weighted by Gasteiger charge is 2.07. The van der Waals surface area contributed by atoms with E-state index >= 15 is 0 Å². The lowest BCUT2D eigenvalue weighted by atomic mass is 10.3. The summed E-state index contributed by atoms with van der Waals surface area (Å²) in [5.74, 6) is 0. The predicted octanol–water partition coefficient (Wildman–Crippen LogP) is 3.00. The third-order valence-electron chi connectivity index (χ3n) is 2.52. The van der Waals surface area contributed by atoms with Crippen LogP contribution >= 0.6 is 11.8 Å². The van der Waals surface area contributed by atoms with Crippen LogP contribution in [0.5, 0.6) is 0 Å². The van der Waals surface area contributed by atoms with E-state index in [-0.39, 0.29) is 0 Å². The minimum Gasteiger partial charge on any atom is -0.350 e. The minimum atomic E-state index is 0.512. The van der Waals surface area contributed by atoms with Crippen molar-refractivity contribution in [3.63, 3.8) is 0 Å². The molecule has 1 heterocycles. The highest BCUT2D eigenvalue weighted by molar-refractivity contribution is 7.99. The Morgan fingerprint density at radius 1 is 1.40 bits per heavy atom. The summed E-state index contributed by atoms with van der Waals surface area (Å²) in [6.07, 6.45) is 1.11. The number of hydrogen-bond donors (Lipinski definition) is 2. The number of H-pyrrole nitrogens is 1. The molecule has 0 aliphatic rings. The summed E-state index contributed by atoms with van der Waals surface area (Å²) in [6.45, 7) is 2.91. The van der Waals surface area contributed by atoms with E-state index in [0.29, 0.717) is 5.25 Å². The molecule has 80 valence electrons. The zero-order valence-corrected chi connectivity index (χ0v) is 9.68. The monoisotopic (exact) mass is 220 g/mol. The normalized spacial score (nSPS) is 13.2. The van der Waals surface area contributed by atoms with Crippen molar-refractivity contribution in [3.8, 4) is 0 Å². The molecule has 1 aromatic heterocycles. The summed E-state index contributed by atoms with van der Waals surface area (Å²) in [5, 5.41) is 3.00. The number of hydrogen-bond acceptors (Lipinski definition) is 2. The Balaban J connectivity index is 2.21. The van der Waals surface area contributed by atoms with Crippen LogP contribution in [0.15, 0.2) is 35.4 Å². The molecule has 0 saturated carbocycles. The van der Waals surface area contributed by atoms with E-state index < -0.39 is 0 Å². The van der Waals surface area contributed by atoms with E-state index in [1.807, 2.05) is 17.8 Å². The first-order chi connectivity index (χ1) is 7.33. The Morgan fingerprint density at radius 2 is 2.20 bits per heavy atom. The lowest BCUT2D eigenvalue weighted by Gasteiger charge is -2.09. The van der Waals surface area contributed by atoms with Gasteiger partial charge in [-0.05, 0) is 18.6 Å². The molecular weight excluding hydrogens is 204 g/mol. The van der Waals surface area contributed by atoms with Crippen molar-refractivity contribution in [1.82, 2.24) is 4.98 Å². The summed E-state index contributed by atoms with van der Waals surface area (Å²) < 4.78 is 0. The van der Waals surface area contributed by atoms with Gasteiger partial charge in [-0.2, -0.15) is 0 Å². The fourth-order valence-electron chi connectivity index (χ4n) is 1.59. The van der Waals surface area contributed by atoms with E-state index in [4.69, 9.17) is 5.73 Å². The standard InChI is InChI=1S/C12H16N2S/c1-2-10(8-13)15-12-7-9-5-3-4-6-11(9)14-12/h3-7,10,14H,2,8,13H2,1H3. The van der Waals surface area contributed by atoms with Gasteiger partial charge in [0.05, 0.1) is 5.03 Å². The van der Waals surface area contributed by atoms with E-state index in [1.54, 1.807) is 0 Å². The quantitative estimate of drug-likeness (QED) is 0.778. The van der Waals surface area contributed by atoms with E-state index in [2.05, 4.69) is 36.2 Å². The van der Waals surface area contributed by atoms with Gasteiger partial charge in [-0.25, -0.2) is 0 Å². The molecule has 0 aliphatic heterocycles. The lowest BCUT2D eigenvalue weighted by Crippen LogP contribution is -2.15. The number of aromatic amines is 1. The van der Waals surface area contributed by atoms with Crippen molar-refractivity contribution in [1.29, 1.82) is 0 Å². The van der Waals surface area contributed by atoms with Crippen LogP contribution in [0.2, 0.25) is 0 Å². The van der Waals surface area contributed by atoms with Gasteiger partial charge in [0.1, 0.15) is 0 Å². The van der Waals surface area contributed by atoms with Crippen molar-refractivity contribution < 1.29 is 0 Å². The predicted molar refractivity (Wildman–Crippen MR) is 67.3 cm³/mol. The zero-order chi connectivity index (χ0) is 10.7. The second-order valence-corrected chi connectivity index (χ2v) is 4.95. The molecule has 2 aromatic rings. The molecule has 0 radical (unpaired) electrons. The van der Waals surface area contributed by atoms with Crippen LogP contribution in [0.25, 0.3) is 10.9 Å². The van der Waals surface area contributed by atoms with Crippen LogP contribution in [0.1, 0.15) is 13.3 Å². The summed E-state index contributed by atoms with van der Waals surface area (Å²) in [5.41, 5.74) is 6.89. The van der Waals surface area contributed by atoms with Gasteiger partial charge in [-0.1, -0.05) is 25.1 Å². The first-order valence-corrected chi connectivity index (χ1v) is 6.16. The van der Waals surface area contributed by atoms with Gasteiger partial charge in [0.2, 0.25) is 0 Å². The third-order valence-corrected chi connectivity index (χ3v) is 3.85. The second-order valence-electron chi connectivity index (χ2n) is 3.60. The largest absolute Gasteiger partial charge is 0.350 e. The van der Waals surface area contributed by atoms with Gasteiger partial charge in [0, 0.05) is 22.7 Å². The highest BCUT2D eigenvalue weighted by Crippen LogP contribution is 2.27. The van der Waals surface area contributed by atoms with Gasteiger partial charge in [0.15, 0.2) is 0 Å². The Morgan fingerprint density at radius 3 is 2.87 bits per heavy atom. The second kappa shape index (κ2) is 4.73. The van der Waals surface area contributed by atoms with E-state index in [9.17, 15) is 0 Å². The maximum absolute atomic E-state index is 5.69. The van der Waals surface area contributed by atoms with E-state index in [1.165, 1.54) is 15.9 Å². The lowest BCUT2D eigenvalue weighted by molar-refractivity contribution is 0.825. The van der Waals surface area contributed by atoms with Crippen LogP contribution in [0, 0.1) is 0 Å². The van der Waals surface area contributed by atoms with Crippen molar-refractivity contribution in [2.45, 2.75) is 23.6 Å². The van der Waals surface area contributed by atoms with Crippen LogP contribution in [0.3, 0.4) is 0 Å². The molecule has 0 saturated heterocycles. The molecule has 2 rings (SSSR count). The number of para-hydroxylation sites is 1. The number of thioether (sulfide) groups is 1. The molecule has 3 N–H and O–H groups in total. The Bertz CT molecular complexity index is 399. The number of rotatable bonds is 4. The van der Waals surface area contributed by atoms with Gasteiger partial charge < -0.3 is 10.7 Å². The van der Waals surface area contributed by atoms with Crippen molar-refractivity contribution in [3.05, 3.63) is 30.3 Å². The molecular formula is C12H16N2S. The molecule has 0 aliphatic carbocycles. The Labute approximate surface area is 94.2 Å². The van der Waals surface area contributed by atoms with Gasteiger partial charge in [-0.3, -0.25) is 0 Å². The molecule has 1 atom stereocenters. The summed E-state index contributed by atoms with van der Waals surface area (Å²) >= 11 is 1.83. The van der Waals surface area contributed by atoms with Crippen molar-refractivity contribution in [2.75, 3.05) is 6.54 Å². The van der Waals surface area contributed by atoms with Crippen molar-refractivity contribution >= 4 is 22.7 Å². The zero-order valence-electron chi connectivity index (χ0n) is 8.86. The number of nitrogens with two attached hydrogens (primary N) is 1. The SMILES string of the molecule is CCC(CN)Sc1cc2ccccc2[nH]1.